The average Bonchev–Trinajstić information content (AvgIpc) is 3.56. The molecule has 3 aliphatic heterocycles. The molecule has 3 N–H and O–H groups in total. The van der Waals surface area contributed by atoms with Gasteiger partial charge in [-0.05, 0) is 51.2 Å². The summed E-state index contributed by atoms with van der Waals surface area (Å²) in [7, 11) is 3.38. The van der Waals surface area contributed by atoms with Gasteiger partial charge < -0.3 is 25.2 Å². The fourth-order valence-electron chi connectivity index (χ4n) is 8.19. The van der Waals surface area contributed by atoms with E-state index in [1.807, 2.05) is 33.2 Å². The van der Waals surface area contributed by atoms with Gasteiger partial charge in [-0.1, -0.05) is 11.6 Å². The van der Waals surface area contributed by atoms with Crippen molar-refractivity contribution in [2.75, 3.05) is 74.6 Å². The number of ether oxygens (including phenoxy) is 1. The second-order valence-corrected chi connectivity index (χ2v) is 16.1. The lowest BCUT2D eigenvalue weighted by Gasteiger charge is -2.39. The van der Waals surface area contributed by atoms with E-state index in [0.717, 1.165) is 75.4 Å². The molecule has 59 heavy (non-hydrogen) atoms. The number of hydrogen-bond donors (Lipinski definition) is 3. The Morgan fingerprint density at radius 2 is 1.75 bits per heavy atom. The molecule has 0 aliphatic carbocycles. The van der Waals surface area contributed by atoms with Crippen LogP contribution in [0.25, 0.3) is 21.9 Å². The first-order chi connectivity index (χ1) is 28.4. The number of rotatable bonds is 11. The van der Waals surface area contributed by atoms with Gasteiger partial charge in [0.2, 0.25) is 17.8 Å². The van der Waals surface area contributed by atoms with Gasteiger partial charge >= 0.3 is 0 Å². The molecule has 310 valence electrons. The number of imide groups is 1. The number of fused-ring (bicyclic) bond motifs is 2. The summed E-state index contributed by atoms with van der Waals surface area (Å²) in [4.78, 5) is 75.0. The summed E-state index contributed by atoms with van der Waals surface area (Å²) in [5.74, 6) is 1.21. The summed E-state index contributed by atoms with van der Waals surface area (Å²) in [6.07, 6.45) is 7.83. The number of aryl methyl sites for hydroxylation is 1. The van der Waals surface area contributed by atoms with Gasteiger partial charge in [0.25, 0.3) is 11.5 Å². The number of amides is 3. The van der Waals surface area contributed by atoms with Crippen molar-refractivity contribution >= 4 is 74.5 Å². The van der Waals surface area contributed by atoms with Crippen LogP contribution in [-0.4, -0.2) is 116 Å². The van der Waals surface area contributed by atoms with Crippen LogP contribution in [0.5, 0.6) is 5.75 Å². The Kier molecular flexibility index (Phi) is 11.3. The molecule has 0 radical (unpaired) electrons. The number of aromatic nitrogens is 7. The highest BCUT2D eigenvalue weighted by atomic mass is 35.5. The first-order valence-corrected chi connectivity index (χ1v) is 20.4. The standard InChI is InChI=1S/C40H48ClN13O5/c1-23(2)54-37-25(16-31(39(54)58)59-22-34(56)42-3)15-26(18-44-37)46-36-29(41)20-45-40(48-36)53-9-7-24(8-10-53)21-51-11-13-52(14-12-51)32-17-30-28(19-43-32)35(49-50(30)4)27-5-6-33(55)47-38(27)57/h15-20,23-24,27H,5-14,21-22H2,1-4H3,(H,42,56)(H,45,46,48)(H,47,55,57). The number of piperazine rings is 1. The maximum Gasteiger partial charge on any atom is 0.294 e. The van der Waals surface area contributed by atoms with Crippen molar-refractivity contribution in [3.63, 3.8) is 0 Å². The molecule has 5 aromatic heterocycles. The normalized spacial score (nSPS) is 18.2. The van der Waals surface area contributed by atoms with Crippen LogP contribution in [0.4, 0.5) is 23.3 Å². The number of nitrogens with one attached hydrogen (secondary N) is 3. The Labute approximate surface area is 345 Å². The molecule has 0 spiro atoms. The largest absolute Gasteiger partial charge is 0.478 e. The molecule has 19 heteroatoms. The Morgan fingerprint density at radius 1 is 0.966 bits per heavy atom. The van der Waals surface area contributed by atoms with Crippen LogP contribution in [0.3, 0.4) is 0 Å². The van der Waals surface area contributed by atoms with E-state index in [9.17, 15) is 19.2 Å². The third-order valence-corrected chi connectivity index (χ3v) is 11.7. The van der Waals surface area contributed by atoms with Crippen molar-refractivity contribution in [2.24, 2.45) is 13.0 Å². The molecule has 18 nitrogen and oxygen atoms in total. The predicted molar refractivity (Wildman–Crippen MR) is 223 cm³/mol. The zero-order chi connectivity index (χ0) is 41.4. The van der Waals surface area contributed by atoms with E-state index in [4.69, 9.17) is 26.3 Å². The number of likely N-dealkylation sites (N-methyl/N-ethyl adjacent to an activating group) is 1. The van der Waals surface area contributed by atoms with Crippen LogP contribution >= 0.6 is 11.6 Å². The number of anilines is 4. The number of hydrogen-bond acceptors (Lipinski definition) is 14. The molecule has 3 saturated heterocycles. The fourth-order valence-corrected chi connectivity index (χ4v) is 8.33. The summed E-state index contributed by atoms with van der Waals surface area (Å²) in [5, 5.41) is 14.7. The van der Waals surface area contributed by atoms with Gasteiger partial charge in [-0.15, -0.1) is 0 Å². The number of halogens is 1. The molecule has 8 rings (SSSR count). The first kappa shape index (κ1) is 39.9. The van der Waals surface area contributed by atoms with Crippen LogP contribution in [-0.2, 0) is 21.4 Å². The van der Waals surface area contributed by atoms with Gasteiger partial charge in [0.1, 0.15) is 16.5 Å². The Morgan fingerprint density at radius 3 is 2.47 bits per heavy atom. The van der Waals surface area contributed by atoms with E-state index in [1.165, 1.54) is 7.05 Å². The van der Waals surface area contributed by atoms with Crippen molar-refractivity contribution in [3.8, 4) is 5.75 Å². The van der Waals surface area contributed by atoms with Gasteiger partial charge in [0.15, 0.2) is 18.2 Å². The topological polar surface area (TPSA) is 198 Å². The lowest BCUT2D eigenvalue weighted by molar-refractivity contribution is -0.134. The van der Waals surface area contributed by atoms with E-state index in [1.54, 1.807) is 27.7 Å². The monoisotopic (exact) mass is 825 g/mol. The first-order valence-electron chi connectivity index (χ1n) is 20.0. The van der Waals surface area contributed by atoms with Crippen LogP contribution in [0.1, 0.15) is 57.2 Å². The molecule has 1 atom stereocenters. The van der Waals surface area contributed by atoms with Crippen LogP contribution in [0.15, 0.2) is 41.6 Å². The highest BCUT2D eigenvalue weighted by Crippen LogP contribution is 2.33. The minimum atomic E-state index is -0.457. The second kappa shape index (κ2) is 16.8. The Bertz CT molecular complexity index is 2470. The van der Waals surface area contributed by atoms with Crippen LogP contribution < -0.4 is 36.0 Å². The lowest BCUT2D eigenvalue weighted by atomic mass is 9.93. The Balaban J connectivity index is 0.862. The highest BCUT2D eigenvalue weighted by molar-refractivity contribution is 6.33. The smallest absolute Gasteiger partial charge is 0.294 e. The van der Waals surface area contributed by atoms with E-state index < -0.39 is 5.92 Å². The molecular weight excluding hydrogens is 778 g/mol. The summed E-state index contributed by atoms with van der Waals surface area (Å²) >= 11 is 6.58. The van der Waals surface area contributed by atoms with Crippen molar-refractivity contribution < 1.29 is 19.1 Å². The number of piperidine rings is 2. The van der Waals surface area contributed by atoms with E-state index in [2.05, 4.69) is 51.8 Å². The number of carbonyl (C=O) groups is 3. The lowest BCUT2D eigenvalue weighted by Crippen LogP contribution is -2.49. The Hall–Kier alpha value is -5.88. The van der Waals surface area contributed by atoms with Gasteiger partial charge in [-0.25, -0.2) is 15.0 Å². The SMILES string of the molecule is CNC(=O)COc1cc2cc(Nc3nc(N4CCC(CN5CCN(c6cc7c(cn6)c(C6CCC(=O)NC6=O)nn7C)CC5)CC4)ncc3Cl)cnc2n(C(C)C)c1=O. The molecule has 5 aromatic rings. The molecule has 3 aliphatic rings. The minimum absolute atomic E-state index is 0.0580. The molecule has 3 amide bonds. The molecule has 0 saturated carbocycles. The molecule has 8 heterocycles. The summed E-state index contributed by atoms with van der Waals surface area (Å²) < 4.78 is 8.93. The van der Waals surface area contributed by atoms with Gasteiger partial charge in [0, 0.05) is 95.4 Å². The quantitative estimate of drug-likeness (QED) is 0.164. The van der Waals surface area contributed by atoms with Crippen molar-refractivity contribution in [2.45, 2.75) is 51.5 Å². The highest BCUT2D eigenvalue weighted by Gasteiger charge is 2.32. The minimum Gasteiger partial charge on any atom is -0.478 e. The number of pyridine rings is 3. The molecule has 0 aromatic carbocycles. The van der Waals surface area contributed by atoms with Gasteiger partial charge in [0.05, 0.1) is 35.2 Å². The van der Waals surface area contributed by atoms with Crippen molar-refractivity contribution in [1.29, 1.82) is 0 Å². The third-order valence-electron chi connectivity index (χ3n) is 11.4. The average molecular weight is 826 g/mol. The van der Waals surface area contributed by atoms with Gasteiger partial charge in [-0.3, -0.25) is 38.6 Å². The molecule has 1 unspecified atom stereocenters. The third kappa shape index (κ3) is 8.36. The second-order valence-electron chi connectivity index (χ2n) is 15.7. The maximum absolute atomic E-state index is 13.2. The summed E-state index contributed by atoms with van der Waals surface area (Å²) in [5.41, 5.74) is 2.33. The molecule has 0 bridgehead atoms. The van der Waals surface area contributed by atoms with Crippen molar-refractivity contribution in [3.05, 3.63) is 57.9 Å². The van der Waals surface area contributed by atoms with Crippen LogP contribution in [0, 0.1) is 5.92 Å². The predicted octanol–water partition coefficient (Wildman–Crippen LogP) is 3.13. The molecule has 3 fully saturated rings. The van der Waals surface area contributed by atoms with E-state index in [-0.39, 0.29) is 41.7 Å². The van der Waals surface area contributed by atoms with E-state index in [0.29, 0.717) is 58.0 Å². The zero-order valence-corrected chi connectivity index (χ0v) is 34.3. The zero-order valence-electron chi connectivity index (χ0n) is 33.6. The summed E-state index contributed by atoms with van der Waals surface area (Å²) in [6, 6.07) is 5.29. The van der Waals surface area contributed by atoms with E-state index >= 15 is 0 Å². The maximum atomic E-state index is 13.2. The van der Waals surface area contributed by atoms with Gasteiger partial charge in [-0.2, -0.15) is 10.1 Å². The van der Waals surface area contributed by atoms with Crippen molar-refractivity contribution in [1.82, 2.24) is 49.8 Å². The molecular formula is C40H48ClN13O5. The number of nitrogens with zero attached hydrogens (tertiary/aromatic N) is 10. The number of carbonyl (C=O) groups excluding carboxylic acids is 3. The summed E-state index contributed by atoms with van der Waals surface area (Å²) in [6.45, 7) is 9.76. The van der Waals surface area contributed by atoms with Crippen LogP contribution in [0.2, 0.25) is 5.02 Å². The fraction of sp³-hybridized carbons (Fsp3) is 0.475.